The summed E-state index contributed by atoms with van der Waals surface area (Å²) >= 11 is 0. The largest absolute Gasteiger partial charge is 0.275 e. The average Bonchev–Trinajstić information content (AvgIpc) is 2.57. The molecule has 0 saturated heterocycles. The average molecular weight is 350 g/mol. The molecule has 0 aliphatic heterocycles. The summed E-state index contributed by atoms with van der Waals surface area (Å²) in [6, 6.07) is 11.5. The van der Waals surface area contributed by atoms with Crippen LogP contribution in [0.15, 0.2) is 47.4 Å². The van der Waals surface area contributed by atoms with Crippen molar-refractivity contribution >= 4 is 26.7 Å². The van der Waals surface area contributed by atoms with Crippen molar-refractivity contribution in [1.29, 1.82) is 0 Å². The van der Waals surface area contributed by atoms with E-state index in [9.17, 15) is 13.2 Å². The molecule has 0 bridgehead atoms. The third-order valence-electron chi connectivity index (χ3n) is 3.83. The number of rotatable bonds is 6. The highest BCUT2D eigenvalue weighted by atomic mass is 32.2. The summed E-state index contributed by atoms with van der Waals surface area (Å²) in [5, 5.41) is 2.79. The Bertz CT molecular complexity index is 833. The van der Waals surface area contributed by atoms with Gasteiger partial charge in [-0.2, -0.15) is 4.72 Å². The van der Waals surface area contributed by atoms with E-state index in [1.54, 1.807) is 26.0 Å². The third-order valence-corrected chi connectivity index (χ3v) is 5.27. The van der Waals surface area contributed by atoms with Gasteiger partial charge in [-0.25, -0.2) is 13.5 Å². The van der Waals surface area contributed by atoms with Crippen LogP contribution < -0.4 is 4.72 Å². The first-order valence-electron chi connectivity index (χ1n) is 7.59. The maximum atomic E-state index is 12.7. The number of nitrogens with zero attached hydrogens (tertiary/aromatic N) is 1. The van der Waals surface area contributed by atoms with Gasteiger partial charge >= 0.3 is 0 Å². The maximum Gasteiger partial charge on any atom is 0.264 e. The summed E-state index contributed by atoms with van der Waals surface area (Å²) in [7, 11) is -1.04. The zero-order valence-corrected chi connectivity index (χ0v) is 15.0. The third kappa shape index (κ3) is 3.92. The number of sulfonamides is 1. The number of amides is 1. The molecule has 0 heterocycles. The van der Waals surface area contributed by atoms with Crippen LogP contribution in [0.3, 0.4) is 0 Å². The molecule has 7 heteroatoms. The molecule has 1 atom stereocenters. The lowest BCUT2D eigenvalue weighted by molar-refractivity contribution is -0.171. The smallest absolute Gasteiger partial charge is 0.264 e. The van der Waals surface area contributed by atoms with E-state index in [0.29, 0.717) is 0 Å². The number of fused-ring (bicyclic) bond motifs is 1. The van der Waals surface area contributed by atoms with E-state index in [-0.39, 0.29) is 10.8 Å². The number of hydrogen-bond donors (Lipinski definition) is 1. The number of hydroxylamine groups is 2. The highest BCUT2D eigenvalue weighted by Gasteiger charge is 2.30. The standard InChI is InChI=1S/C17H22N2O4S/c1-12(2)16(17(20)19(3)23-4)18-24(21,22)15-10-9-13-7-5-6-8-14(13)11-15/h5-12,16,18H,1-4H3. The number of likely N-dealkylation sites (N-methyl/N-ethyl adjacent to an activating group) is 1. The predicted molar refractivity (Wildman–Crippen MR) is 92.7 cm³/mol. The Labute approximate surface area is 142 Å². The van der Waals surface area contributed by atoms with Gasteiger partial charge in [-0.15, -0.1) is 0 Å². The Morgan fingerprint density at radius 1 is 1.12 bits per heavy atom. The molecular weight excluding hydrogens is 328 g/mol. The second-order valence-electron chi connectivity index (χ2n) is 5.87. The minimum Gasteiger partial charge on any atom is -0.275 e. The fourth-order valence-corrected chi connectivity index (χ4v) is 3.70. The normalized spacial score (nSPS) is 13.2. The summed E-state index contributed by atoms with van der Waals surface area (Å²) in [6.07, 6.45) is 0. The van der Waals surface area contributed by atoms with Crippen LogP contribution in [0.1, 0.15) is 13.8 Å². The first kappa shape index (κ1) is 18.4. The molecule has 24 heavy (non-hydrogen) atoms. The molecule has 0 aliphatic rings. The molecule has 2 rings (SSSR count). The predicted octanol–water partition coefficient (Wildman–Crippen LogP) is 2.16. The topological polar surface area (TPSA) is 75.7 Å². The van der Waals surface area contributed by atoms with Crippen LogP contribution in [-0.4, -0.2) is 39.6 Å². The van der Waals surface area contributed by atoms with Crippen molar-refractivity contribution in [2.45, 2.75) is 24.8 Å². The van der Waals surface area contributed by atoms with Gasteiger partial charge in [-0.3, -0.25) is 9.63 Å². The molecule has 1 N–H and O–H groups in total. The number of carbonyl (C=O) groups is 1. The van der Waals surface area contributed by atoms with E-state index in [1.807, 2.05) is 24.3 Å². The SMILES string of the molecule is CON(C)C(=O)C(NS(=O)(=O)c1ccc2ccccc2c1)C(C)C. The molecule has 1 unspecified atom stereocenters. The van der Waals surface area contributed by atoms with Crippen molar-refractivity contribution in [2.24, 2.45) is 5.92 Å². The summed E-state index contributed by atoms with van der Waals surface area (Å²) in [6.45, 7) is 3.55. The fourth-order valence-electron chi connectivity index (χ4n) is 2.33. The van der Waals surface area contributed by atoms with E-state index in [1.165, 1.54) is 20.2 Å². The van der Waals surface area contributed by atoms with Crippen molar-refractivity contribution in [3.05, 3.63) is 42.5 Å². The van der Waals surface area contributed by atoms with Gasteiger partial charge in [-0.05, 0) is 28.8 Å². The number of carbonyl (C=O) groups excluding carboxylic acids is 1. The van der Waals surface area contributed by atoms with Crippen LogP contribution >= 0.6 is 0 Å². The molecular formula is C17H22N2O4S. The molecule has 0 aromatic heterocycles. The van der Waals surface area contributed by atoms with Crippen LogP contribution in [0, 0.1) is 5.92 Å². The van der Waals surface area contributed by atoms with Gasteiger partial charge in [0.25, 0.3) is 5.91 Å². The van der Waals surface area contributed by atoms with Gasteiger partial charge in [0.05, 0.1) is 12.0 Å². The van der Waals surface area contributed by atoms with Crippen LogP contribution in [0.5, 0.6) is 0 Å². The van der Waals surface area contributed by atoms with Crippen molar-refractivity contribution in [2.75, 3.05) is 14.2 Å². The first-order chi connectivity index (χ1) is 11.3. The van der Waals surface area contributed by atoms with Crippen LogP contribution in [0.2, 0.25) is 0 Å². The zero-order valence-electron chi connectivity index (χ0n) is 14.2. The van der Waals surface area contributed by atoms with Crippen molar-refractivity contribution in [3.8, 4) is 0 Å². The fraction of sp³-hybridized carbons (Fsp3) is 0.353. The lowest BCUT2D eigenvalue weighted by Crippen LogP contribution is -2.49. The molecule has 1 amide bonds. The van der Waals surface area contributed by atoms with Crippen molar-refractivity contribution in [3.63, 3.8) is 0 Å². The van der Waals surface area contributed by atoms with Gasteiger partial charge in [0, 0.05) is 7.05 Å². The quantitative estimate of drug-likeness (QED) is 0.810. The van der Waals surface area contributed by atoms with Crippen LogP contribution in [0.25, 0.3) is 10.8 Å². The number of nitrogens with one attached hydrogen (secondary N) is 1. The zero-order chi connectivity index (χ0) is 17.9. The number of hydrogen-bond acceptors (Lipinski definition) is 4. The lowest BCUT2D eigenvalue weighted by atomic mass is 10.1. The summed E-state index contributed by atoms with van der Waals surface area (Å²) in [5.41, 5.74) is 0. The van der Waals surface area contributed by atoms with Gasteiger partial charge in [0.15, 0.2) is 0 Å². The first-order valence-corrected chi connectivity index (χ1v) is 9.07. The molecule has 0 saturated carbocycles. The molecule has 2 aromatic carbocycles. The van der Waals surface area contributed by atoms with Gasteiger partial charge < -0.3 is 0 Å². The molecule has 0 aliphatic carbocycles. The highest BCUT2D eigenvalue weighted by Crippen LogP contribution is 2.20. The van der Waals surface area contributed by atoms with Gasteiger partial charge in [0.1, 0.15) is 6.04 Å². The van der Waals surface area contributed by atoms with Gasteiger partial charge in [-0.1, -0.05) is 44.2 Å². The van der Waals surface area contributed by atoms with Gasteiger partial charge in [0.2, 0.25) is 10.0 Å². The molecule has 6 nitrogen and oxygen atoms in total. The second kappa shape index (κ2) is 7.29. The summed E-state index contributed by atoms with van der Waals surface area (Å²) in [5.74, 6) is -0.679. The molecule has 2 aromatic rings. The van der Waals surface area contributed by atoms with Crippen molar-refractivity contribution in [1.82, 2.24) is 9.79 Å². The van der Waals surface area contributed by atoms with E-state index in [2.05, 4.69) is 4.72 Å². The number of benzene rings is 2. The monoisotopic (exact) mass is 350 g/mol. The Hall–Kier alpha value is -1.96. The second-order valence-corrected chi connectivity index (χ2v) is 7.58. The van der Waals surface area contributed by atoms with E-state index >= 15 is 0 Å². The molecule has 0 spiro atoms. The maximum absolute atomic E-state index is 12.7. The summed E-state index contributed by atoms with van der Waals surface area (Å²) < 4.78 is 27.9. The Morgan fingerprint density at radius 3 is 2.33 bits per heavy atom. The minimum atomic E-state index is -3.84. The Balaban J connectivity index is 2.34. The molecule has 0 fully saturated rings. The Morgan fingerprint density at radius 2 is 1.75 bits per heavy atom. The lowest BCUT2D eigenvalue weighted by Gasteiger charge is -2.25. The van der Waals surface area contributed by atoms with E-state index in [4.69, 9.17) is 4.84 Å². The van der Waals surface area contributed by atoms with Crippen molar-refractivity contribution < 1.29 is 18.0 Å². The molecule has 130 valence electrons. The van der Waals surface area contributed by atoms with Crippen LogP contribution in [-0.2, 0) is 19.7 Å². The minimum absolute atomic E-state index is 0.125. The van der Waals surface area contributed by atoms with E-state index < -0.39 is 22.0 Å². The Kier molecular flexibility index (Phi) is 5.58. The molecule has 0 radical (unpaired) electrons. The van der Waals surface area contributed by atoms with E-state index in [0.717, 1.165) is 15.8 Å². The van der Waals surface area contributed by atoms with Crippen LogP contribution in [0.4, 0.5) is 0 Å². The highest BCUT2D eigenvalue weighted by molar-refractivity contribution is 7.89. The summed E-state index contributed by atoms with van der Waals surface area (Å²) in [4.78, 5) is 17.3.